The largest absolute Gasteiger partial charge is 0.362 e. The number of benzene rings is 1. The monoisotopic (exact) mass is 259 g/mol. The van der Waals surface area contributed by atoms with Crippen LogP contribution in [0, 0.1) is 11.2 Å². The molecule has 1 N–H and O–H groups in total. The Hall–Kier alpha value is -0.640. The molecule has 1 unspecified atom stereocenters. The van der Waals surface area contributed by atoms with Crippen molar-refractivity contribution in [2.45, 2.75) is 26.5 Å². The minimum atomic E-state index is -0.186. The Morgan fingerprint density at radius 2 is 2.24 bits per heavy atom. The van der Waals surface area contributed by atoms with Crippen molar-refractivity contribution in [1.29, 1.82) is 0 Å². The highest BCUT2D eigenvalue weighted by atomic mass is 35.5. The van der Waals surface area contributed by atoms with Crippen molar-refractivity contribution < 1.29 is 9.13 Å². The van der Waals surface area contributed by atoms with Gasteiger partial charge in [-0.2, -0.15) is 0 Å². The molecule has 1 heterocycles. The highest BCUT2D eigenvalue weighted by molar-refractivity contribution is 5.85. The second-order valence-corrected chi connectivity index (χ2v) is 5.18. The van der Waals surface area contributed by atoms with Crippen LogP contribution in [0.2, 0.25) is 0 Å². The van der Waals surface area contributed by atoms with E-state index in [1.807, 2.05) is 6.07 Å². The average Bonchev–Trinajstić information content (AvgIpc) is 2.21. The second kappa shape index (κ2) is 5.80. The Balaban J connectivity index is 0.00000144. The number of hydrogen-bond donors (Lipinski definition) is 1. The first-order valence-corrected chi connectivity index (χ1v) is 5.65. The van der Waals surface area contributed by atoms with Gasteiger partial charge in [0.1, 0.15) is 12.0 Å². The summed E-state index contributed by atoms with van der Waals surface area (Å²) in [6.07, 6.45) is 0.725. The molecule has 1 saturated heterocycles. The van der Waals surface area contributed by atoms with E-state index in [1.54, 1.807) is 12.1 Å². The van der Waals surface area contributed by atoms with Crippen molar-refractivity contribution >= 4 is 12.4 Å². The number of hydrogen-bond acceptors (Lipinski definition) is 2. The normalized spacial score (nSPS) is 22.9. The molecule has 1 aromatic carbocycles. The van der Waals surface area contributed by atoms with Gasteiger partial charge in [0.15, 0.2) is 0 Å². The van der Waals surface area contributed by atoms with E-state index in [0.717, 1.165) is 18.7 Å². The number of ether oxygens (including phenoxy) is 1. The molecule has 0 bridgehead atoms. The van der Waals surface area contributed by atoms with E-state index in [2.05, 4.69) is 19.2 Å². The molecule has 0 amide bonds. The highest BCUT2D eigenvalue weighted by Gasteiger charge is 2.26. The Morgan fingerprint density at radius 1 is 1.47 bits per heavy atom. The lowest BCUT2D eigenvalue weighted by molar-refractivity contribution is -0.0566. The average molecular weight is 260 g/mol. The molecule has 0 aromatic heterocycles. The van der Waals surface area contributed by atoms with Gasteiger partial charge in [-0.05, 0) is 17.7 Å². The van der Waals surface area contributed by atoms with Crippen molar-refractivity contribution in [3.05, 3.63) is 35.6 Å². The second-order valence-electron chi connectivity index (χ2n) is 5.18. The lowest BCUT2D eigenvalue weighted by atomic mass is 9.93. The van der Waals surface area contributed by atoms with Gasteiger partial charge in [-0.15, -0.1) is 12.4 Å². The first-order chi connectivity index (χ1) is 7.55. The zero-order valence-electron chi connectivity index (χ0n) is 10.2. The van der Waals surface area contributed by atoms with Crippen LogP contribution in [-0.4, -0.2) is 19.4 Å². The molecule has 0 aliphatic carbocycles. The van der Waals surface area contributed by atoms with Gasteiger partial charge < -0.3 is 4.74 Å². The van der Waals surface area contributed by atoms with Gasteiger partial charge in [0.25, 0.3) is 0 Å². The van der Waals surface area contributed by atoms with Gasteiger partial charge in [0.2, 0.25) is 0 Å². The molecule has 1 aliphatic rings. The Labute approximate surface area is 108 Å². The van der Waals surface area contributed by atoms with E-state index in [4.69, 9.17) is 4.74 Å². The summed E-state index contributed by atoms with van der Waals surface area (Å²) in [5.41, 5.74) is 1.16. The van der Waals surface area contributed by atoms with Crippen molar-refractivity contribution in [2.24, 2.45) is 5.41 Å². The van der Waals surface area contributed by atoms with Gasteiger partial charge >= 0.3 is 0 Å². The molecule has 0 radical (unpaired) electrons. The summed E-state index contributed by atoms with van der Waals surface area (Å²) in [6, 6.07) is 6.68. The molecular weight excluding hydrogens is 241 g/mol. The maximum absolute atomic E-state index is 13.0. The van der Waals surface area contributed by atoms with Crippen LogP contribution in [0.3, 0.4) is 0 Å². The van der Waals surface area contributed by atoms with E-state index >= 15 is 0 Å². The van der Waals surface area contributed by atoms with Crippen molar-refractivity contribution in [3.63, 3.8) is 0 Å². The minimum absolute atomic E-state index is 0. The van der Waals surface area contributed by atoms with Crippen LogP contribution < -0.4 is 5.32 Å². The molecule has 1 atom stereocenters. The van der Waals surface area contributed by atoms with Crippen LogP contribution in [0.4, 0.5) is 4.39 Å². The quantitative estimate of drug-likeness (QED) is 0.882. The molecule has 4 heteroatoms. The first-order valence-electron chi connectivity index (χ1n) is 5.65. The van der Waals surface area contributed by atoms with Gasteiger partial charge in [0, 0.05) is 18.4 Å². The van der Waals surface area contributed by atoms with Crippen LogP contribution in [0.1, 0.15) is 19.4 Å². The third-order valence-corrected chi connectivity index (χ3v) is 2.79. The maximum Gasteiger partial charge on any atom is 0.123 e. The molecule has 2 nitrogen and oxygen atoms in total. The van der Waals surface area contributed by atoms with Crippen molar-refractivity contribution in [2.75, 3.05) is 13.2 Å². The Kier molecular flexibility index (Phi) is 4.92. The molecule has 1 fully saturated rings. The molecule has 0 saturated carbocycles. The number of halogens is 2. The van der Waals surface area contributed by atoms with Crippen LogP contribution in [-0.2, 0) is 11.2 Å². The number of nitrogens with one attached hydrogen (secondary N) is 1. The molecule has 0 spiro atoms. The summed E-state index contributed by atoms with van der Waals surface area (Å²) in [5, 5.41) is 3.33. The molecule has 96 valence electrons. The fourth-order valence-electron chi connectivity index (χ4n) is 1.84. The fraction of sp³-hybridized carbons (Fsp3) is 0.538. The van der Waals surface area contributed by atoms with Gasteiger partial charge in [-0.25, -0.2) is 4.39 Å². The summed E-state index contributed by atoms with van der Waals surface area (Å²) in [6.45, 7) is 6.02. The van der Waals surface area contributed by atoms with Crippen molar-refractivity contribution in [3.8, 4) is 0 Å². The van der Waals surface area contributed by atoms with Crippen molar-refractivity contribution in [1.82, 2.24) is 5.32 Å². The zero-order chi connectivity index (χ0) is 11.6. The number of rotatable bonds is 2. The van der Waals surface area contributed by atoms with Crippen LogP contribution >= 0.6 is 12.4 Å². The van der Waals surface area contributed by atoms with E-state index in [0.29, 0.717) is 6.42 Å². The third-order valence-electron chi connectivity index (χ3n) is 2.79. The summed E-state index contributed by atoms with van der Waals surface area (Å²) in [4.78, 5) is 0. The highest BCUT2D eigenvalue weighted by Crippen LogP contribution is 2.20. The van der Waals surface area contributed by atoms with Crippen LogP contribution in [0.25, 0.3) is 0 Å². The first kappa shape index (κ1) is 14.4. The molecule has 2 rings (SSSR count). The van der Waals surface area contributed by atoms with Gasteiger partial charge in [-0.3, -0.25) is 5.32 Å². The fourth-order valence-corrected chi connectivity index (χ4v) is 1.84. The summed E-state index contributed by atoms with van der Waals surface area (Å²) < 4.78 is 18.7. The smallest absolute Gasteiger partial charge is 0.123 e. The SMILES string of the molecule is CC1(C)CNC(Cc2cccc(F)c2)OC1.Cl. The Morgan fingerprint density at radius 3 is 2.82 bits per heavy atom. The standard InChI is InChI=1S/C13H18FNO.ClH/c1-13(2)8-15-12(16-9-13)7-10-4-3-5-11(14)6-10;/h3-6,12,15H,7-9H2,1-2H3;1H. The molecule has 1 aromatic rings. The minimum Gasteiger partial charge on any atom is -0.362 e. The van der Waals surface area contributed by atoms with Crippen LogP contribution in [0.5, 0.6) is 0 Å². The molecule has 1 aliphatic heterocycles. The van der Waals surface area contributed by atoms with E-state index in [1.165, 1.54) is 6.07 Å². The third kappa shape index (κ3) is 4.26. The van der Waals surface area contributed by atoms with Gasteiger partial charge in [0.05, 0.1) is 6.61 Å². The van der Waals surface area contributed by atoms with E-state index in [-0.39, 0.29) is 29.9 Å². The Bertz CT molecular complexity index is 360. The topological polar surface area (TPSA) is 21.3 Å². The van der Waals surface area contributed by atoms with Gasteiger partial charge in [-0.1, -0.05) is 26.0 Å². The van der Waals surface area contributed by atoms with E-state index in [9.17, 15) is 4.39 Å². The maximum atomic E-state index is 13.0. The van der Waals surface area contributed by atoms with E-state index < -0.39 is 0 Å². The predicted molar refractivity (Wildman–Crippen MR) is 68.9 cm³/mol. The lowest BCUT2D eigenvalue weighted by Gasteiger charge is -2.35. The molecular formula is C13H19ClFNO. The summed E-state index contributed by atoms with van der Waals surface area (Å²) in [7, 11) is 0. The lowest BCUT2D eigenvalue weighted by Crippen LogP contribution is -2.48. The predicted octanol–water partition coefficient (Wildman–Crippen LogP) is 2.76. The van der Waals surface area contributed by atoms with Crippen LogP contribution in [0.15, 0.2) is 24.3 Å². The zero-order valence-corrected chi connectivity index (χ0v) is 11.0. The summed E-state index contributed by atoms with van der Waals surface area (Å²) >= 11 is 0. The summed E-state index contributed by atoms with van der Waals surface area (Å²) in [5.74, 6) is -0.186. The molecule has 17 heavy (non-hydrogen) atoms.